The number of amides is 2. The van der Waals surface area contributed by atoms with Crippen molar-refractivity contribution in [3.63, 3.8) is 0 Å². The normalized spacial score (nSPS) is 13.1. The smallest absolute Gasteiger partial charge is 0.254 e. The Hall–Kier alpha value is -6.21. The molecule has 282 valence electrons. The SMILES string of the molecule is CCc1nc2c(cnn2CC)c(NC2CCOCC2)c1CN(Cc1ccc(F)c(-c2cccc(CNc3ncccn3)c2)c1)C(=O)c1cccc(C(N)=O)c1. The van der Waals surface area contributed by atoms with Gasteiger partial charge in [-0.25, -0.2) is 24.0 Å². The number of halogens is 1. The molecule has 13 heteroatoms. The van der Waals surface area contributed by atoms with E-state index in [4.69, 9.17) is 15.5 Å². The number of fused-ring (bicyclic) bond motifs is 1. The molecule has 0 unspecified atom stereocenters. The zero-order valence-electron chi connectivity index (χ0n) is 31.0. The fraction of sp³-hybridized carbons (Fsp3) is 0.286. The summed E-state index contributed by atoms with van der Waals surface area (Å²) in [6.45, 7) is 6.83. The van der Waals surface area contributed by atoms with E-state index in [9.17, 15) is 9.59 Å². The highest BCUT2D eigenvalue weighted by Gasteiger charge is 2.26. The lowest BCUT2D eigenvalue weighted by Crippen LogP contribution is -2.33. The largest absolute Gasteiger partial charge is 0.381 e. The van der Waals surface area contributed by atoms with Crippen LogP contribution in [0.4, 0.5) is 16.0 Å². The molecule has 1 aliphatic rings. The minimum Gasteiger partial charge on any atom is -0.381 e. The van der Waals surface area contributed by atoms with Crippen LogP contribution in [0.15, 0.2) is 91.4 Å². The number of hydrogen-bond acceptors (Lipinski definition) is 9. The van der Waals surface area contributed by atoms with Gasteiger partial charge in [0.1, 0.15) is 5.82 Å². The van der Waals surface area contributed by atoms with E-state index in [1.807, 2.05) is 49.0 Å². The van der Waals surface area contributed by atoms with Gasteiger partial charge in [-0.2, -0.15) is 5.10 Å². The highest BCUT2D eigenvalue weighted by Crippen LogP contribution is 2.34. The highest BCUT2D eigenvalue weighted by molar-refractivity contribution is 5.99. The Kier molecular flexibility index (Phi) is 11.4. The quantitative estimate of drug-likeness (QED) is 0.110. The molecule has 12 nitrogen and oxygen atoms in total. The minimum atomic E-state index is -0.628. The standard InChI is InChI=1S/C42H44FN9O3/c1-3-37-35(38(49-32-14-18-55-19-15-32)34-24-48-52(4-2)40(34)50-37)26-51(41(54)31-11-6-10-30(22-31)39(44)53)25-28-12-13-36(43)33(21-28)29-9-5-8-27(20-29)23-47-42-45-16-7-17-46-42/h5-13,16-17,20-22,24,32H,3-4,14-15,18-19,23,25-26H2,1-2H3,(H2,44,53)(H,49,50)(H,45,46,47). The molecule has 2 amide bonds. The van der Waals surface area contributed by atoms with Crippen molar-refractivity contribution in [1.29, 1.82) is 0 Å². The van der Waals surface area contributed by atoms with Crippen molar-refractivity contribution >= 4 is 34.5 Å². The maximum atomic E-state index is 15.6. The molecule has 0 aliphatic carbocycles. The monoisotopic (exact) mass is 741 g/mol. The molecular formula is C42H44FN9O3. The van der Waals surface area contributed by atoms with Gasteiger partial charge in [-0.15, -0.1) is 0 Å². The predicted molar refractivity (Wildman–Crippen MR) is 210 cm³/mol. The van der Waals surface area contributed by atoms with Crippen LogP contribution in [0.25, 0.3) is 22.2 Å². The third kappa shape index (κ3) is 8.47. The molecule has 3 aromatic heterocycles. The van der Waals surface area contributed by atoms with Crippen LogP contribution in [0.5, 0.6) is 0 Å². The minimum absolute atomic E-state index is 0.144. The molecule has 3 aromatic carbocycles. The number of pyridine rings is 1. The van der Waals surface area contributed by atoms with Gasteiger partial charge in [-0.3, -0.25) is 9.59 Å². The Balaban J connectivity index is 1.27. The van der Waals surface area contributed by atoms with Gasteiger partial charge in [-0.05, 0) is 85.3 Å². The van der Waals surface area contributed by atoms with E-state index in [1.165, 1.54) is 12.1 Å². The Labute approximate surface area is 319 Å². The second kappa shape index (κ2) is 16.9. The maximum absolute atomic E-state index is 15.6. The zero-order chi connectivity index (χ0) is 38.3. The van der Waals surface area contributed by atoms with Gasteiger partial charge in [0.25, 0.3) is 5.91 Å². The number of benzene rings is 3. The molecule has 0 saturated carbocycles. The van der Waals surface area contributed by atoms with Crippen molar-refractivity contribution in [2.45, 2.75) is 65.3 Å². The van der Waals surface area contributed by atoms with Gasteiger partial charge in [-0.1, -0.05) is 37.3 Å². The van der Waals surface area contributed by atoms with E-state index < -0.39 is 5.91 Å². The fourth-order valence-electron chi connectivity index (χ4n) is 6.99. The lowest BCUT2D eigenvalue weighted by Gasteiger charge is -2.29. The van der Waals surface area contributed by atoms with E-state index >= 15 is 4.39 Å². The molecule has 4 heterocycles. The van der Waals surface area contributed by atoms with Gasteiger partial charge in [0.05, 0.1) is 23.8 Å². The van der Waals surface area contributed by atoms with Crippen LogP contribution in [-0.4, -0.2) is 60.7 Å². The summed E-state index contributed by atoms with van der Waals surface area (Å²) in [5.74, 6) is -0.824. The summed E-state index contributed by atoms with van der Waals surface area (Å²) < 4.78 is 23.2. The molecule has 0 atom stereocenters. The molecule has 0 radical (unpaired) electrons. The number of primary amides is 1. The van der Waals surface area contributed by atoms with Gasteiger partial charge in [0.2, 0.25) is 11.9 Å². The van der Waals surface area contributed by atoms with Crippen molar-refractivity contribution < 1.29 is 18.7 Å². The Morgan fingerprint density at radius 2 is 1.73 bits per heavy atom. The summed E-state index contributed by atoms with van der Waals surface area (Å²) in [7, 11) is 0. The number of ether oxygens (including phenoxy) is 1. The Morgan fingerprint density at radius 3 is 2.49 bits per heavy atom. The highest BCUT2D eigenvalue weighted by atomic mass is 19.1. The number of nitrogens with one attached hydrogen (secondary N) is 2. The van der Waals surface area contributed by atoms with E-state index in [0.29, 0.717) is 55.4 Å². The first-order chi connectivity index (χ1) is 26.8. The van der Waals surface area contributed by atoms with Gasteiger partial charge < -0.3 is 26.0 Å². The van der Waals surface area contributed by atoms with Crippen LogP contribution in [0.3, 0.4) is 0 Å². The van der Waals surface area contributed by atoms with Crippen molar-refractivity contribution in [2.75, 3.05) is 23.8 Å². The second-order valence-corrected chi connectivity index (χ2v) is 13.5. The average molecular weight is 742 g/mol. The number of nitrogens with zero attached hydrogens (tertiary/aromatic N) is 6. The van der Waals surface area contributed by atoms with Crippen LogP contribution >= 0.6 is 0 Å². The second-order valence-electron chi connectivity index (χ2n) is 13.5. The predicted octanol–water partition coefficient (Wildman–Crippen LogP) is 6.75. The van der Waals surface area contributed by atoms with Crippen molar-refractivity contribution in [2.24, 2.45) is 5.73 Å². The maximum Gasteiger partial charge on any atom is 0.254 e. The summed E-state index contributed by atoms with van der Waals surface area (Å²) >= 11 is 0. The molecular weight excluding hydrogens is 698 g/mol. The molecule has 55 heavy (non-hydrogen) atoms. The summed E-state index contributed by atoms with van der Waals surface area (Å²) in [6, 6.07) is 20.9. The molecule has 1 saturated heterocycles. The van der Waals surface area contributed by atoms with Crippen molar-refractivity contribution in [3.8, 4) is 11.1 Å². The fourth-order valence-corrected chi connectivity index (χ4v) is 6.99. The number of hydrogen-bond donors (Lipinski definition) is 3. The van der Waals surface area contributed by atoms with Crippen molar-refractivity contribution in [3.05, 3.63) is 131 Å². The molecule has 1 aliphatic heterocycles. The van der Waals surface area contributed by atoms with E-state index in [-0.39, 0.29) is 36.4 Å². The number of aromatic nitrogens is 5. The van der Waals surface area contributed by atoms with Crippen LogP contribution in [0.1, 0.15) is 69.8 Å². The van der Waals surface area contributed by atoms with Gasteiger partial charge in [0.15, 0.2) is 5.65 Å². The lowest BCUT2D eigenvalue weighted by atomic mass is 9.99. The molecule has 0 spiro atoms. The van der Waals surface area contributed by atoms with E-state index in [1.54, 1.807) is 53.7 Å². The molecule has 7 rings (SSSR count). The number of rotatable bonds is 14. The third-order valence-electron chi connectivity index (χ3n) is 9.86. The van der Waals surface area contributed by atoms with Crippen LogP contribution in [0, 0.1) is 5.82 Å². The Bertz CT molecular complexity index is 2310. The molecule has 0 bridgehead atoms. The number of carbonyl (C=O) groups is 2. The van der Waals surface area contributed by atoms with Crippen LogP contribution < -0.4 is 16.4 Å². The first kappa shape index (κ1) is 37.1. The first-order valence-electron chi connectivity index (χ1n) is 18.6. The average Bonchev–Trinajstić information content (AvgIpc) is 3.64. The van der Waals surface area contributed by atoms with E-state index in [0.717, 1.165) is 51.9 Å². The molecule has 4 N–H and O–H groups in total. The molecule has 6 aromatic rings. The van der Waals surface area contributed by atoms with Gasteiger partial charge >= 0.3 is 0 Å². The summed E-state index contributed by atoms with van der Waals surface area (Å²) in [5.41, 5.74) is 12.3. The number of anilines is 2. The Morgan fingerprint density at radius 1 is 0.945 bits per heavy atom. The summed E-state index contributed by atoms with van der Waals surface area (Å²) in [4.78, 5) is 42.0. The van der Waals surface area contributed by atoms with Crippen LogP contribution in [-0.2, 0) is 37.3 Å². The van der Waals surface area contributed by atoms with Crippen molar-refractivity contribution in [1.82, 2.24) is 29.6 Å². The van der Waals surface area contributed by atoms with Crippen LogP contribution in [0.2, 0.25) is 0 Å². The number of nitrogens with two attached hydrogens (primary N) is 1. The van der Waals surface area contributed by atoms with E-state index in [2.05, 4.69) is 25.7 Å². The summed E-state index contributed by atoms with van der Waals surface area (Å²) in [6.07, 6.45) is 7.45. The zero-order valence-corrected chi connectivity index (χ0v) is 31.0. The third-order valence-corrected chi connectivity index (χ3v) is 9.86. The molecule has 1 fully saturated rings. The first-order valence-corrected chi connectivity index (χ1v) is 18.6. The number of aryl methyl sites for hydroxylation is 2. The van der Waals surface area contributed by atoms with Gasteiger partial charge in [0, 0.05) is 79.2 Å². The topological polar surface area (TPSA) is 153 Å². The number of carbonyl (C=O) groups excluding carboxylic acids is 2. The summed E-state index contributed by atoms with van der Waals surface area (Å²) in [5, 5.41) is 12.5. The lowest BCUT2D eigenvalue weighted by molar-refractivity contribution is 0.0729.